The lowest BCUT2D eigenvalue weighted by Crippen LogP contribution is -1.49. The summed E-state index contributed by atoms with van der Waals surface area (Å²) in [6, 6.07) is 0. The van der Waals surface area contributed by atoms with Gasteiger partial charge < -0.3 is 5.11 Å². The lowest BCUT2D eigenvalue weighted by Gasteiger charge is -1.34. The Bertz CT molecular complexity index is 26.5. The predicted octanol–water partition coefficient (Wildman–Crippen LogP) is 0.893. The molecule has 0 radical (unpaired) electrons. The SMILES string of the molecule is C=CC.O=CO. The Morgan fingerprint density at radius 2 is 1.83 bits per heavy atom. The molecule has 0 unspecified atom stereocenters. The third-order valence-corrected chi connectivity index (χ3v) is 0. The molecule has 0 aromatic rings. The van der Waals surface area contributed by atoms with E-state index in [1.54, 1.807) is 6.08 Å². The molecule has 0 amide bonds. The molecule has 0 heterocycles. The summed E-state index contributed by atoms with van der Waals surface area (Å²) in [6.45, 7) is 5.00. The summed E-state index contributed by atoms with van der Waals surface area (Å²) in [4.78, 5) is 8.36. The predicted molar refractivity (Wildman–Crippen MR) is 24.6 cm³/mol. The summed E-state index contributed by atoms with van der Waals surface area (Å²) in [7, 11) is 0. The maximum atomic E-state index is 8.36. The zero-order chi connectivity index (χ0) is 5.41. The van der Waals surface area contributed by atoms with Gasteiger partial charge in [-0.2, -0.15) is 0 Å². The molecule has 0 aliphatic carbocycles. The third-order valence-electron chi connectivity index (χ3n) is 0. The van der Waals surface area contributed by atoms with Gasteiger partial charge in [-0.05, 0) is 6.92 Å². The zero-order valence-corrected chi connectivity index (χ0v) is 3.72. The Morgan fingerprint density at radius 3 is 1.83 bits per heavy atom. The molecule has 0 fully saturated rings. The summed E-state index contributed by atoms with van der Waals surface area (Å²) >= 11 is 0. The van der Waals surface area contributed by atoms with Gasteiger partial charge in [-0.1, -0.05) is 6.08 Å². The van der Waals surface area contributed by atoms with Crippen molar-refractivity contribution < 1.29 is 9.90 Å². The van der Waals surface area contributed by atoms with Gasteiger partial charge in [-0.25, -0.2) is 0 Å². The molecule has 0 aromatic carbocycles. The standard InChI is InChI=1S/C3H6.CH2O2/c1-3-2;2-1-3/h3H,1H2,2H3;1H,(H,2,3). The van der Waals surface area contributed by atoms with Gasteiger partial charge in [0.05, 0.1) is 0 Å². The normalized spacial score (nSPS) is 4.17. The van der Waals surface area contributed by atoms with Gasteiger partial charge in [0.2, 0.25) is 0 Å². The average molecular weight is 88.1 g/mol. The zero-order valence-electron chi connectivity index (χ0n) is 3.72. The van der Waals surface area contributed by atoms with Crippen LogP contribution in [0.2, 0.25) is 0 Å². The molecule has 0 aliphatic rings. The van der Waals surface area contributed by atoms with Crippen molar-refractivity contribution in [3.05, 3.63) is 12.7 Å². The first-order chi connectivity index (χ1) is 2.83. The van der Waals surface area contributed by atoms with Crippen LogP contribution in [-0.4, -0.2) is 11.6 Å². The molecule has 0 aliphatic heterocycles. The lowest BCUT2D eigenvalue weighted by atomic mass is 10.8. The molecule has 0 saturated carbocycles. The van der Waals surface area contributed by atoms with Crippen molar-refractivity contribution in [2.75, 3.05) is 0 Å². The van der Waals surface area contributed by atoms with E-state index in [-0.39, 0.29) is 6.47 Å². The molecular formula is C4H8O2. The monoisotopic (exact) mass is 88.1 g/mol. The van der Waals surface area contributed by atoms with Crippen molar-refractivity contribution in [3.63, 3.8) is 0 Å². The van der Waals surface area contributed by atoms with E-state index >= 15 is 0 Å². The molecular weight excluding hydrogens is 80.0 g/mol. The Hall–Kier alpha value is -0.790. The minimum Gasteiger partial charge on any atom is -0.483 e. The van der Waals surface area contributed by atoms with Crippen molar-refractivity contribution in [2.45, 2.75) is 6.92 Å². The fourth-order valence-corrected chi connectivity index (χ4v) is 0. The largest absolute Gasteiger partial charge is 0.483 e. The first kappa shape index (κ1) is 8.96. The summed E-state index contributed by atoms with van der Waals surface area (Å²) in [6.07, 6.45) is 1.75. The van der Waals surface area contributed by atoms with Gasteiger partial charge in [-0.15, -0.1) is 6.58 Å². The topological polar surface area (TPSA) is 37.3 Å². The van der Waals surface area contributed by atoms with Gasteiger partial charge in [0.25, 0.3) is 6.47 Å². The fraction of sp³-hybridized carbons (Fsp3) is 0.250. The highest BCUT2D eigenvalue weighted by molar-refractivity contribution is 5.32. The summed E-state index contributed by atoms with van der Waals surface area (Å²) in [5.41, 5.74) is 0. The van der Waals surface area contributed by atoms with Crippen LogP contribution in [0.15, 0.2) is 12.7 Å². The summed E-state index contributed by atoms with van der Waals surface area (Å²) in [5.74, 6) is 0. The quantitative estimate of drug-likeness (QED) is 0.352. The number of carboxylic acid groups (broad SMARTS) is 1. The molecule has 6 heavy (non-hydrogen) atoms. The van der Waals surface area contributed by atoms with Crippen LogP contribution in [0.4, 0.5) is 0 Å². The van der Waals surface area contributed by atoms with Gasteiger partial charge in [0.15, 0.2) is 0 Å². The van der Waals surface area contributed by atoms with E-state index in [4.69, 9.17) is 9.90 Å². The van der Waals surface area contributed by atoms with Gasteiger partial charge in [0.1, 0.15) is 0 Å². The minimum atomic E-state index is -0.250. The maximum Gasteiger partial charge on any atom is 0.290 e. The lowest BCUT2D eigenvalue weighted by molar-refractivity contribution is -0.122. The maximum absolute atomic E-state index is 8.36. The average Bonchev–Trinajstić information content (AvgIpc) is 1.39. The van der Waals surface area contributed by atoms with E-state index in [9.17, 15) is 0 Å². The first-order valence-corrected chi connectivity index (χ1v) is 1.48. The Balaban J connectivity index is 0. The molecule has 0 rings (SSSR count). The van der Waals surface area contributed by atoms with Crippen LogP contribution >= 0.6 is 0 Å². The molecule has 0 spiro atoms. The number of rotatable bonds is 0. The van der Waals surface area contributed by atoms with E-state index in [1.807, 2.05) is 6.92 Å². The second kappa shape index (κ2) is 29.6. The summed E-state index contributed by atoms with van der Waals surface area (Å²) in [5, 5.41) is 6.89. The van der Waals surface area contributed by atoms with E-state index in [2.05, 4.69) is 6.58 Å². The second-order valence-corrected chi connectivity index (χ2v) is 0.514. The van der Waals surface area contributed by atoms with Gasteiger partial charge in [0, 0.05) is 0 Å². The van der Waals surface area contributed by atoms with Crippen LogP contribution in [0.1, 0.15) is 6.92 Å². The van der Waals surface area contributed by atoms with Crippen LogP contribution in [0.3, 0.4) is 0 Å². The van der Waals surface area contributed by atoms with Crippen molar-refractivity contribution in [3.8, 4) is 0 Å². The van der Waals surface area contributed by atoms with Gasteiger partial charge in [-0.3, -0.25) is 4.79 Å². The van der Waals surface area contributed by atoms with Crippen molar-refractivity contribution >= 4 is 6.47 Å². The number of hydrogen-bond acceptors (Lipinski definition) is 1. The Morgan fingerprint density at radius 1 is 1.83 bits per heavy atom. The van der Waals surface area contributed by atoms with Crippen LogP contribution in [0.5, 0.6) is 0 Å². The molecule has 0 bridgehead atoms. The van der Waals surface area contributed by atoms with Crippen LogP contribution in [0, 0.1) is 0 Å². The fourth-order valence-electron chi connectivity index (χ4n) is 0. The van der Waals surface area contributed by atoms with E-state index in [0.29, 0.717) is 0 Å². The number of carbonyl (C=O) groups is 1. The molecule has 0 aromatic heterocycles. The van der Waals surface area contributed by atoms with Crippen molar-refractivity contribution in [1.29, 1.82) is 0 Å². The summed E-state index contributed by atoms with van der Waals surface area (Å²) < 4.78 is 0. The van der Waals surface area contributed by atoms with E-state index < -0.39 is 0 Å². The van der Waals surface area contributed by atoms with Crippen molar-refractivity contribution in [2.24, 2.45) is 0 Å². The second-order valence-electron chi connectivity index (χ2n) is 0.514. The molecule has 0 saturated heterocycles. The van der Waals surface area contributed by atoms with Crippen LogP contribution in [0.25, 0.3) is 0 Å². The Labute approximate surface area is 37.1 Å². The van der Waals surface area contributed by atoms with Crippen molar-refractivity contribution in [1.82, 2.24) is 0 Å². The molecule has 1 N–H and O–H groups in total. The first-order valence-electron chi connectivity index (χ1n) is 1.48. The highest BCUT2D eigenvalue weighted by Gasteiger charge is 1.22. The highest BCUT2D eigenvalue weighted by Crippen LogP contribution is 1.38. The van der Waals surface area contributed by atoms with Gasteiger partial charge >= 0.3 is 0 Å². The molecule has 2 nitrogen and oxygen atoms in total. The van der Waals surface area contributed by atoms with E-state index in [0.717, 1.165) is 0 Å². The minimum absolute atomic E-state index is 0.250. The number of hydrogen-bond donors (Lipinski definition) is 1. The van der Waals surface area contributed by atoms with Crippen LogP contribution < -0.4 is 0 Å². The van der Waals surface area contributed by atoms with Crippen LogP contribution in [-0.2, 0) is 4.79 Å². The molecule has 0 atom stereocenters. The smallest absolute Gasteiger partial charge is 0.290 e. The molecule has 36 valence electrons. The number of allylic oxidation sites excluding steroid dienone is 1. The Kier molecular flexibility index (Phi) is 44.3. The third kappa shape index (κ3) is 25.1. The highest BCUT2D eigenvalue weighted by atomic mass is 16.3. The molecule has 2 heteroatoms. The van der Waals surface area contributed by atoms with E-state index in [1.165, 1.54) is 0 Å².